The van der Waals surface area contributed by atoms with Gasteiger partial charge < -0.3 is 0 Å². The van der Waals surface area contributed by atoms with Crippen molar-refractivity contribution >= 4 is 42.1 Å². The number of hydrogen-bond acceptors (Lipinski definition) is 2. The van der Waals surface area contributed by atoms with Gasteiger partial charge in [0.2, 0.25) is 0 Å². The molecule has 6 fully saturated rings. The van der Waals surface area contributed by atoms with Gasteiger partial charge in [0, 0.05) is 0 Å². The standard InChI is InChI=1S/2C18H33P.2CClO.Ru/c2*1-4-10-16(11-5-1)19(17-12-6-2-7-13-17)18-14-8-3-9-15-18;2*2-1-3;/h2*16-18H,1-15H2;;;/q;;;;-2/p+2. The third kappa shape index (κ3) is 6.42. The molecular weight excluding hydrogens is 722 g/mol. The SMILES string of the molecule is O=[C](Cl)[Ru]([C](=O)Cl)([PH](C1CCCCC1)(C1CCCCC1)C1CCCCC1)[PH](C1CCCCC1)(C1CCCCC1)C1CCCCC1. The molecule has 0 heterocycles. The molecule has 6 rings (SSSR count). The molecule has 0 aliphatic heterocycles. The Morgan fingerprint density at radius 1 is 0.333 bits per heavy atom. The van der Waals surface area contributed by atoms with Crippen LogP contribution in [0.1, 0.15) is 193 Å². The van der Waals surface area contributed by atoms with Crippen LogP contribution in [0.25, 0.3) is 0 Å². The predicted molar refractivity (Wildman–Crippen MR) is 200 cm³/mol. The van der Waals surface area contributed by atoms with Crippen molar-refractivity contribution < 1.29 is 23.4 Å². The van der Waals surface area contributed by atoms with Crippen LogP contribution in [0.5, 0.6) is 0 Å². The number of halogens is 2. The first-order valence-electron chi connectivity index (χ1n) is 20.1. The first kappa shape index (κ1) is 36.2. The summed E-state index contributed by atoms with van der Waals surface area (Å²) in [6.45, 7) is 0. The Balaban J connectivity index is 1.73. The fourth-order valence-electron chi connectivity index (χ4n) is 13.3. The summed E-state index contributed by atoms with van der Waals surface area (Å²) in [4.78, 5) is 31.3. The summed E-state index contributed by atoms with van der Waals surface area (Å²) in [5.41, 5.74) is -1.42. The average molecular weight is 791 g/mol. The molecule has 0 aromatic carbocycles. The normalized spacial score (nSPS) is 28.5. The summed E-state index contributed by atoms with van der Waals surface area (Å²) in [6.07, 6.45) is 39.3. The molecule has 0 radical (unpaired) electrons. The van der Waals surface area contributed by atoms with Crippen LogP contribution in [0.15, 0.2) is 0 Å². The van der Waals surface area contributed by atoms with E-state index in [0.29, 0.717) is 34.0 Å². The van der Waals surface area contributed by atoms with Crippen molar-refractivity contribution in [2.75, 3.05) is 0 Å². The van der Waals surface area contributed by atoms with E-state index in [2.05, 4.69) is 0 Å². The molecular formula is C38H68Cl2O2P2Ru. The van der Waals surface area contributed by atoms with Crippen LogP contribution >= 0.6 is 34.4 Å². The van der Waals surface area contributed by atoms with Crippen LogP contribution in [0.3, 0.4) is 0 Å². The third-order valence-corrected chi connectivity index (χ3v) is 75.4. The molecule has 0 bridgehead atoms. The molecule has 7 heteroatoms. The summed E-state index contributed by atoms with van der Waals surface area (Å²) in [7, 11) is 0. The second-order valence-electron chi connectivity index (χ2n) is 16.6. The Morgan fingerprint density at radius 2 is 0.489 bits per heavy atom. The second-order valence-corrected chi connectivity index (χ2v) is 48.0. The van der Waals surface area contributed by atoms with Gasteiger partial charge in [0.15, 0.2) is 0 Å². The zero-order valence-corrected chi connectivity index (χ0v) is 33.9. The molecule has 45 heavy (non-hydrogen) atoms. The topological polar surface area (TPSA) is 34.1 Å². The molecule has 6 aliphatic rings. The molecule has 0 unspecified atom stereocenters. The van der Waals surface area contributed by atoms with E-state index >= 15 is 9.59 Å². The van der Waals surface area contributed by atoms with Crippen molar-refractivity contribution in [3.63, 3.8) is 0 Å². The van der Waals surface area contributed by atoms with Crippen LogP contribution in [0, 0.1) is 0 Å². The molecule has 0 aromatic rings. The summed E-state index contributed by atoms with van der Waals surface area (Å²) in [5, 5.41) is 0. The molecule has 2 nitrogen and oxygen atoms in total. The molecule has 0 N–H and O–H groups in total. The molecule has 0 saturated heterocycles. The maximum absolute atomic E-state index is 15.7. The summed E-state index contributed by atoms with van der Waals surface area (Å²) in [5.74, 6) is 0. The van der Waals surface area contributed by atoms with Crippen LogP contribution < -0.4 is 0 Å². The zero-order valence-electron chi connectivity index (χ0n) is 28.6. The molecule has 0 atom stereocenters. The van der Waals surface area contributed by atoms with E-state index in [1.165, 1.54) is 193 Å². The van der Waals surface area contributed by atoms with Gasteiger partial charge >= 0.3 is 292 Å². The van der Waals surface area contributed by atoms with Crippen LogP contribution in [-0.4, -0.2) is 41.6 Å². The number of carbonyl (C=O) groups is 2. The van der Waals surface area contributed by atoms with Crippen molar-refractivity contribution in [2.45, 2.75) is 227 Å². The zero-order chi connectivity index (χ0) is 31.3. The quantitative estimate of drug-likeness (QED) is 0.125. The Morgan fingerprint density at radius 3 is 0.622 bits per heavy atom. The van der Waals surface area contributed by atoms with E-state index in [4.69, 9.17) is 23.2 Å². The Labute approximate surface area is 290 Å². The molecule has 0 amide bonds. The van der Waals surface area contributed by atoms with E-state index in [-0.39, 0.29) is 7.67 Å². The number of rotatable bonds is 10. The van der Waals surface area contributed by atoms with Crippen molar-refractivity contribution in [3.8, 4) is 0 Å². The van der Waals surface area contributed by atoms with Gasteiger partial charge in [0.1, 0.15) is 0 Å². The van der Waals surface area contributed by atoms with Gasteiger partial charge in [-0.15, -0.1) is 0 Å². The Hall–Kier alpha value is 1.40. The van der Waals surface area contributed by atoms with Crippen LogP contribution in [0.4, 0.5) is 9.59 Å². The minimum absolute atomic E-state index is 0.00729. The fourth-order valence-corrected chi connectivity index (χ4v) is 102. The Bertz CT molecular complexity index is 803. The third-order valence-electron chi connectivity index (χ3n) is 14.7. The molecule has 0 spiro atoms. The van der Waals surface area contributed by atoms with E-state index < -0.39 is 25.0 Å². The maximum atomic E-state index is 15.7. The number of carbonyl (C=O) groups excluding carboxylic acids is 2. The van der Waals surface area contributed by atoms with Crippen molar-refractivity contribution in [1.82, 2.24) is 0 Å². The summed E-state index contributed by atoms with van der Waals surface area (Å²) < 4.78 is 0.0146. The van der Waals surface area contributed by atoms with Crippen molar-refractivity contribution in [2.24, 2.45) is 0 Å². The van der Waals surface area contributed by atoms with E-state index in [1.54, 1.807) is 0 Å². The van der Waals surface area contributed by atoms with Crippen LogP contribution in [-0.2, 0) is 13.8 Å². The summed E-state index contributed by atoms with van der Waals surface area (Å²) >= 11 is 11.3. The second kappa shape index (κ2) is 16.6. The monoisotopic (exact) mass is 790 g/mol. The van der Waals surface area contributed by atoms with Crippen LogP contribution in [0.2, 0.25) is 0 Å². The van der Waals surface area contributed by atoms with E-state index in [1.807, 2.05) is 0 Å². The van der Waals surface area contributed by atoms with Gasteiger partial charge in [-0.25, -0.2) is 0 Å². The van der Waals surface area contributed by atoms with Gasteiger partial charge in [-0.3, -0.25) is 0 Å². The Kier molecular flexibility index (Phi) is 13.4. The van der Waals surface area contributed by atoms with E-state index in [0.717, 1.165) is 0 Å². The number of hydrogen-bond donors (Lipinski definition) is 0. The fraction of sp³-hybridized carbons (Fsp3) is 0.947. The van der Waals surface area contributed by atoms with Gasteiger partial charge in [-0.05, 0) is 0 Å². The first-order chi connectivity index (χ1) is 22.0. The molecule has 264 valence electrons. The van der Waals surface area contributed by atoms with Gasteiger partial charge in [-0.2, -0.15) is 0 Å². The predicted octanol–water partition coefficient (Wildman–Crippen LogP) is 14.2. The van der Waals surface area contributed by atoms with Gasteiger partial charge in [0.05, 0.1) is 0 Å². The van der Waals surface area contributed by atoms with E-state index in [9.17, 15) is 0 Å². The van der Waals surface area contributed by atoms with Crippen molar-refractivity contribution in [3.05, 3.63) is 0 Å². The molecule has 0 aromatic heterocycles. The van der Waals surface area contributed by atoms with Gasteiger partial charge in [0.25, 0.3) is 0 Å². The molecule has 6 saturated carbocycles. The first-order valence-corrected chi connectivity index (χ1v) is 32.0. The summed E-state index contributed by atoms with van der Waals surface area (Å²) in [6, 6.07) is 0. The molecule has 6 aliphatic carbocycles. The average Bonchev–Trinajstić information content (AvgIpc) is 3.10. The van der Waals surface area contributed by atoms with Crippen molar-refractivity contribution in [1.29, 1.82) is 0 Å². The minimum atomic E-state index is -4.06. The van der Waals surface area contributed by atoms with Gasteiger partial charge in [-0.1, -0.05) is 0 Å².